The van der Waals surface area contributed by atoms with Crippen LogP contribution in [0.25, 0.3) is 21.8 Å². The summed E-state index contributed by atoms with van der Waals surface area (Å²) < 4.78 is 1.02. The van der Waals surface area contributed by atoms with Gasteiger partial charge in [-0.15, -0.1) is 0 Å². The third-order valence-corrected chi connectivity index (χ3v) is 6.96. The van der Waals surface area contributed by atoms with Crippen LogP contribution in [0.4, 0.5) is 0 Å². The van der Waals surface area contributed by atoms with Gasteiger partial charge in [-0.05, 0) is 78.3 Å². The van der Waals surface area contributed by atoms with Gasteiger partial charge in [0.1, 0.15) is 0 Å². The Morgan fingerprint density at radius 2 is 1.58 bits per heavy atom. The molecule has 2 aliphatic rings. The molecule has 0 spiro atoms. The second kappa shape index (κ2) is 10.1. The minimum Gasteiger partial charge on any atom is -0.302 e. The summed E-state index contributed by atoms with van der Waals surface area (Å²) in [4.78, 5) is 24.0. The molecule has 1 aliphatic carbocycles. The molecule has 4 nitrogen and oxygen atoms in total. The van der Waals surface area contributed by atoms with E-state index in [0.29, 0.717) is 0 Å². The van der Waals surface area contributed by atoms with E-state index in [1.54, 1.807) is 6.20 Å². The van der Waals surface area contributed by atoms with Crippen LogP contribution in [0.15, 0.2) is 77.5 Å². The number of carbonyl (C=O) groups is 1. The molecule has 1 saturated carbocycles. The molecule has 0 amide bonds. The molecule has 0 bridgehead atoms. The van der Waals surface area contributed by atoms with Gasteiger partial charge in [-0.1, -0.05) is 36.4 Å². The number of carbonyl (C=O) groups excluding carboxylic acids is 1. The number of para-hydroxylation sites is 2. The van der Waals surface area contributed by atoms with Gasteiger partial charge < -0.3 is 4.90 Å². The highest BCUT2D eigenvalue weighted by Gasteiger charge is 2.30. The predicted molar refractivity (Wildman–Crippen MR) is 137 cm³/mol. The van der Waals surface area contributed by atoms with Crippen LogP contribution in [0, 0.1) is 11.8 Å². The molecule has 2 fully saturated rings. The lowest BCUT2D eigenvalue weighted by Crippen LogP contribution is -2.39. The average Bonchev–Trinajstić information content (AvgIpc) is 3.68. The number of likely N-dealkylation sites (tertiary alicyclic amines) is 1. The minimum absolute atomic E-state index is 0.149. The van der Waals surface area contributed by atoms with Crippen LogP contribution in [0.1, 0.15) is 36.0 Å². The first-order valence-corrected chi connectivity index (χ1v) is 12.6. The standard InChI is InChI=1S/C19H22N2O.C9H6BrN/c22-19(16-5-3-9-21(13-16)12-14-7-8-14)17-10-15-4-1-2-6-18(15)20-11-17;10-8-5-7-3-1-2-4-9(7)11-6-8/h1-2,4,6,10-11,14,16H,3,5,7-9,12-13H2;1-6H. The van der Waals surface area contributed by atoms with Gasteiger partial charge in [-0.3, -0.25) is 14.8 Å². The molecule has 33 heavy (non-hydrogen) atoms. The van der Waals surface area contributed by atoms with E-state index >= 15 is 0 Å². The molecule has 168 valence electrons. The Balaban J connectivity index is 0.000000174. The van der Waals surface area contributed by atoms with Crippen molar-refractivity contribution >= 4 is 43.5 Å². The van der Waals surface area contributed by atoms with E-state index in [1.165, 1.54) is 24.8 Å². The van der Waals surface area contributed by atoms with Crippen molar-refractivity contribution in [2.75, 3.05) is 19.6 Å². The van der Waals surface area contributed by atoms with Gasteiger partial charge in [-0.25, -0.2) is 0 Å². The highest BCUT2D eigenvalue weighted by molar-refractivity contribution is 9.10. The Labute approximate surface area is 203 Å². The number of aromatic nitrogens is 2. The summed E-state index contributed by atoms with van der Waals surface area (Å²) in [7, 11) is 0. The van der Waals surface area contributed by atoms with E-state index in [4.69, 9.17) is 0 Å². The summed E-state index contributed by atoms with van der Waals surface area (Å²) in [6.45, 7) is 3.29. The number of nitrogens with zero attached hydrogens (tertiary/aromatic N) is 3. The van der Waals surface area contributed by atoms with Crippen molar-refractivity contribution in [3.05, 3.63) is 83.1 Å². The van der Waals surface area contributed by atoms with E-state index in [1.807, 2.05) is 60.8 Å². The Morgan fingerprint density at radius 1 is 0.909 bits per heavy atom. The summed E-state index contributed by atoms with van der Waals surface area (Å²) in [6.07, 6.45) is 8.48. The molecule has 1 atom stereocenters. The van der Waals surface area contributed by atoms with E-state index in [0.717, 1.165) is 58.3 Å². The number of Topliss-reactive ketones (excluding diaryl/α,β-unsaturated/α-hetero) is 1. The van der Waals surface area contributed by atoms with Crippen molar-refractivity contribution in [3.63, 3.8) is 0 Å². The van der Waals surface area contributed by atoms with Gasteiger partial charge in [0, 0.05) is 52.2 Å². The van der Waals surface area contributed by atoms with Crippen LogP contribution in [0.2, 0.25) is 0 Å². The number of hydrogen-bond donors (Lipinski definition) is 0. The lowest BCUT2D eigenvalue weighted by atomic mass is 9.90. The number of hydrogen-bond acceptors (Lipinski definition) is 4. The molecule has 6 rings (SSSR count). The number of fused-ring (bicyclic) bond motifs is 2. The molecular formula is C28H28BrN3O. The summed E-state index contributed by atoms with van der Waals surface area (Å²) in [6, 6.07) is 20.1. The first-order valence-electron chi connectivity index (χ1n) is 11.8. The average molecular weight is 502 g/mol. The topological polar surface area (TPSA) is 46.1 Å². The van der Waals surface area contributed by atoms with Crippen molar-refractivity contribution in [2.24, 2.45) is 11.8 Å². The van der Waals surface area contributed by atoms with Crippen LogP contribution in [-0.2, 0) is 0 Å². The number of halogens is 1. The Bertz CT molecular complexity index is 1270. The highest BCUT2D eigenvalue weighted by Crippen LogP contribution is 2.31. The summed E-state index contributed by atoms with van der Waals surface area (Å²) in [5, 5.41) is 2.22. The van der Waals surface area contributed by atoms with E-state index in [-0.39, 0.29) is 11.7 Å². The van der Waals surface area contributed by atoms with Gasteiger partial charge in [0.25, 0.3) is 0 Å². The SMILES string of the molecule is Brc1cnc2ccccc2c1.O=C(c1cnc2ccccc2c1)C1CCCN(CC2CC2)C1. The number of rotatable bonds is 4. The lowest BCUT2D eigenvalue weighted by Gasteiger charge is -2.32. The number of pyridine rings is 2. The van der Waals surface area contributed by atoms with Crippen LogP contribution in [0.5, 0.6) is 0 Å². The number of piperidine rings is 1. The smallest absolute Gasteiger partial charge is 0.168 e. The molecule has 1 unspecified atom stereocenters. The molecular weight excluding hydrogens is 474 g/mol. The predicted octanol–water partition coefficient (Wildman–Crippen LogP) is 6.54. The monoisotopic (exact) mass is 501 g/mol. The number of ketones is 1. The molecule has 1 saturated heterocycles. The quantitative estimate of drug-likeness (QED) is 0.298. The largest absolute Gasteiger partial charge is 0.302 e. The molecule has 1 aliphatic heterocycles. The van der Waals surface area contributed by atoms with Crippen LogP contribution < -0.4 is 0 Å². The van der Waals surface area contributed by atoms with Gasteiger partial charge in [0.05, 0.1) is 11.0 Å². The minimum atomic E-state index is 0.149. The molecule has 0 radical (unpaired) electrons. The Hall–Kier alpha value is -2.63. The first-order chi connectivity index (χ1) is 16.2. The zero-order chi connectivity index (χ0) is 22.6. The fraction of sp³-hybridized carbons (Fsp3) is 0.321. The lowest BCUT2D eigenvalue weighted by molar-refractivity contribution is 0.0814. The Kier molecular flexibility index (Phi) is 6.79. The molecule has 2 aromatic carbocycles. The second-order valence-electron chi connectivity index (χ2n) is 9.17. The molecule has 5 heteroatoms. The number of benzene rings is 2. The Morgan fingerprint density at radius 3 is 2.30 bits per heavy atom. The third kappa shape index (κ3) is 5.66. The van der Waals surface area contributed by atoms with Gasteiger partial charge >= 0.3 is 0 Å². The van der Waals surface area contributed by atoms with E-state index < -0.39 is 0 Å². The zero-order valence-corrected chi connectivity index (χ0v) is 20.2. The summed E-state index contributed by atoms with van der Waals surface area (Å²) in [5.41, 5.74) is 2.77. The fourth-order valence-corrected chi connectivity index (χ4v) is 4.94. The maximum atomic E-state index is 12.8. The third-order valence-electron chi connectivity index (χ3n) is 6.52. The van der Waals surface area contributed by atoms with Crippen molar-refractivity contribution < 1.29 is 4.79 Å². The van der Waals surface area contributed by atoms with Crippen molar-refractivity contribution in [3.8, 4) is 0 Å². The second-order valence-corrected chi connectivity index (χ2v) is 10.1. The zero-order valence-electron chi connectivity index (χ0n) is 18.7. The van der Waals surface area contributed by atoms with E-state index in [9.17, 15) is 4.79 Å². The summed E-state index contributed by atoms with van der Waals surface area (Å²) >= 11 is 3.37. The molecule has 2 aromatic heterocycles. The van der Waals surface area contributed by atoms with E-state index in [2.05, 4.69) is 36.9 Å². The molecule has 0 N–H and O–H groups in total. The maximum absolute atomic E-state index is 12.8. The maximum Gasteiger partial charge on any atom is 0.168 e. The first kappa shape index (κ1) is 22.2. The highest BCUT2D eigenvalue weighted by atomic mass is 79.9. The van der Waals surface area contributed by atoms with Gasteiger partial charge in [0.15, 0.2) is 5.78 Å². The van der Waals surface area contributed by atoms with Crippen LogP contribution >= 0.6 is 15.9 Å². The van der Waals surface area contributed by atoms with Crippen LogP contribution in [0.3, 0.4) is 0 Å². The van der Waals surface area contributed by atoms with Gasteiger partial charge in [-0.2, -0.15) is 0 Å². The van der Waals surface area contributed by atoms with Gasteiger partial charge in [0.2, 0.25) is 0 Å². The van der Waals surface area contributed by atoms with Crippen molar-refractivity contribution in [1.82, 2.24) is 14.9 Å². The van der Waals surface area contributed by atoms with Crippen molar-refractivity contribution in [1.29, 1.82) is 0 Å². The van der Waals surface area contributed by atoms with Crippen molar-refractivity contribution in [2.45, 2.75) is 25.7 Å². The van der Waals surface area contributed by atoms with Crippen LogP contribution in [-0.4, -0.2) is 40.3 Å². The normalized spacial score (nSPS) is 18.6. The molecule has 4 aromatic rings. The summed E-state index contributed by atoms with van der Waals surface area (Å²) in [5.74, 6) is 1.32. The fourth-order valence-electron chi connectivity index (χ4n) is 4.59. The molecule has 3 heterocycles.